The predicted molar refractivity (Wildman–Crippen MR) is 80.5 cm³/mol. The fourth-order valence-corrected chi connectivity index (χ4v) is 1.97. The first-order chi connectivity index (χ1) is 9.51. The molecular formula is C13H18Cl2N2O3. The molecule has 112 valence electrons. The predicted octanol–water partition coefficient (Wildman–Crippen LogP) is 2.31. The molecule has 0 saturated heterocycles. The number of nitrogens with two attached hydrogens (primary N) is 1. The van der Waals surface area contributed by atoms with Crippen molar-refractivity contribution in [2.45, 2.75) is 0 Å². The Morgan fingerprint density at radius 3 is 2.20 bits per heavy atom. The summed E-state index contributed by atoms with van der Waals surface area (Å²) in [5.41, 5.74) is 6.39. The summed E-state index contributed by atoms with van der Waals surface area (Å²) in [6, 6.07) is 3.03. The van der Waals surface area contributed by atoms with Gasteiger partial charge in [0.15, 0.2) is 0 Å². The third kappa shape index (κ3) is 4.52. The molecule has 0 aliphatic heterocycles. The largest absolute Gasteiger partial charge is 0.397 e. The van der Waals surface area contributed by atoms with E-state index in [1.807, 2.05) is 0 Å². The molecule has 0 aliphatic rings. The average molecular weight is 321 g/mol. The Bertz CT molecular complexity index is 438. The first-order valence-corrected chi connectivity index (χ1v) is 6.78. The Morgan fingerprint density at radius 1 is 1.20 bits per heavy atom. The van der Waals surface area contributed by atoms with Crippen LogP contribution in [0.5, 0.6) is 0 Å². The molecule has 0 aromatic heterocycles. The van der Waals surface area contributed by atoms with E-state index in [0.29, 0.717) is 31.9 Å². The third-order valence-electron chi connectivity index (χ3n) is 2.72. The molecule has 0 atom stereocenters. The number of methoxy groups -OCH3 is 2. The summed E-state index contributed by atoms with van der Waals surface area (Å²) in [4.78, 5) is 14.0. The van der Waals surface area contributed by atoms with Crippen molar-refractivity contribution in [1.82, 2.24) is 4.90 Å². The Balaban J connectivity index is 2.92. The van der Waals surface area contributed by atoms with Gasteiger partial charge in [-0.25, -0.2) is 0 Å². The number of nitrogens with zero attached hydrogens (tertiary/aromatic N) is 1. The molecule has 0 heterocycles. The fourth-order valence-electron chi connectivity index (χ4n) is 1.63. The molecule has 0 fully saturated rings. The minimum atomic E-state index is -0.190. The van der Waals surface area contributed by atoms with Gasteiger partial charge in [0.25, 0.3) is 5.91 Å². The number of hydrogen-bond acceptors (Lipinski definition) is 4. The van der Waals surface area contributed by atoms with Crippen LogP contribution < -0.4 is 5.73 Å². The maximum Gasteiger partial charge on any atom is 0.254 e. The molecule has 5 nitrogen and oxygen atoms in total. The van der Waals surface area contributed by atoms with E-state index in [1.54, 1.807) is 19.1 Å². The number of rotatable bonds is 7. The summed E-state index contributed by atoms with van der Waals surface area (Å²) in [6.07, 6.45) is 0. The van der Waals surface area contributed by atoms with Gasteiger partial charge >= 0.3 is 0 Å². The summed E-state index contributed by atoms with van der Waals surface area (Å²) in [5, 5.41) is 0.511. The van der Waals surface area contributed by atoms with E-state index in [2.05, 4.69) is 0 Å². The average Bonchev–Trinajstić information content (AvgIpc) is 2.43. The molecule has 1 rings (SSSR count). The second-order valence-electron chi connectivity index (χ2n) is 4.14. The smallest absolute Gasteiger partial charge is 0.254 e. The highest BCUT2D eigenvalue weighted by atomic mass is 35.5. The lowest BCUT2D eigenvalue weighted by Gasteiger charge is -2.22. The first-order valence-electron chi connectivity index (χ1n) is 6.03. The highest BCUT2D eigenvalue weighted by Gasteiger charge is 2.17. The van der Waals surface area contributed by atoms with Crippen molar-refractivity contribution in [1.29, 1.82) is 0 Å². The van der Waals surface area contributed by atoms with Crippen LogP contribution in [-0.4, -0.2) is 51.3 Å². The van der Waals surface area contributed by atoms with Crippen LogP contribution >= 0.6 is 23.2 Å². The highest BCUT2D eigenvalue weighted by molar-refractivity contribution is 6.43. The number of halogens is 2. The van der Waals surface area contributed by atoms with Gasteiger partial charge in [0.2, 0.25) is 0 Å². The number of amides is 1. The minimum absolute atomic E-state index is 0.190. The van der Waals surface area contributed by atoms with Crippen molar-refractivity contribution in [3.05, 3.63) is 27.7 Å². The van der Waals surface area contributed by atoms with Gasteiger partial charge in [-0.05, 0) is 12.1 Å². The van der Waals surface area contributed by atoms with Gasteiger partial charge in [-0.2, -0.15) is 0 Å². The molecule has 0 saturated carbocycles. The van der Waals surface area contributed by atoms with E-state index < -0.39 is 0 Å². The third-order valence-corrected chi connectivity index (χ3v) is 3.54. The van der Waals surface area contributed by atoms with Crippen LogP contribution in [0.15, 0.2) is 12.1 Å². The lowest BCUT2D eigenvalue weighted by atomic mass is 10.1. The highest BCUT2D eigenvalue weighted by Crippen LogP contribution is 2.29. The lowest BCUT2D eigenvalue weighted by molar-refractivity contribution is 0.0627. The van der Waals surface area contributed by atoms with Crippen molar-refractivity contribution in [3.63, 3.8) is 0 Å². The summed E-state index contributed by atoms with van der Waals surface area (Å²) in [5.74, 6) is -0.190. The maximum atomic E-state index is 12.4. The second kappa shape index (κ2) is 8.32. The normalized spacial score (nSPS) is 10.6. The van der Waals surface area contributed by atoms with E-state index in [9.17, 15) is 4.79 Å². The van der Waals surface area contributed by atoms with E-state index >= 15 is 0 Å². The molecule has 20 heavy (non-hydrogen) atoms. The Hall–Kier alpha value is -1.01. The molecule has 0 bridgehead atoms. The van der Waals surface area contributed by atoms with Crippen LogP contribution in [-0.2, 0) is 9.47 Å². The van der Waals surface area contributed by atoms with Crippen molar-refractivity contribution in [3.8, 4) is 0 Å². The summed E-state index contributed by atoms with van der Waals surface area (Å²) < 4.78 is 10.00. The van der Waals surface area contributed by atoms with Crippen LogP contribution in [0.4, 0.5) is 5.69 Å². The zero-order valence-corrected chi connectivity index (χ0v) is 13.0. The number of nitrogen functional groups attached to an aromatic ring is 1. The van der Waals surface area contributed by atoms with E-state index in [0.717, 1.165) is 0 Å². The summed E-state index contributed by atoms with van der Waals surface area (Å²) in [7, 11) is 3.16. The standard InChI is InChI=1S/C13H18Cl2N2O3/c1-19-5-3-17(4-6-20-2)13(18)9-7-10(14)12(15)11(16)8-9/h7-8H,3-6,16H2,1-2H3. The van der Waals surface area contributed by atoms with Crippen LogP contribution in [0, 0.1) is 0 Å². The molecule has 0 radical (unpaired) electrons. The van der Waals surface area contributed by atoms with E-state index in [-0.39, 0.29) is 21.6 Å². The van der Waals surface area contributed by atoms with Gasteiger partial charge in [-0.1, -0.05) is 23.2 Å². The molecule has 1 amide bonds. The van der Waals surface area contributed by atoms with Crippen LogP contribution in [0.1, 0.15) is 10.4 Å². The minimum Gasteiger partial charge on any atom is -0.397 e. The van der Waals surface area contributed by atoms with Gasteiger partial charge in [0, 0.05) is 32.9 Å². The zero-order chi connectivity index (χ0) is 15.1. The molecule has 2 N–H and O–H groups in total. The number of carbonyl (C=O) groups is 1. The number of anilines is 1. The number of ether oxygens (including phenoxy) is 2. The lowest BCUT2D eigenvalue weighted by Crippen LogP contribution is -2.36. The van der Waals surface area contributed by atoms with Crippen molar-refractivity contribution in [2.75, 3.05) is 46.3 Å². The molecule has 1 aromatic carbocycles. The summed E-state index contributed by atoms with van der Waals surface area (Å²) in [6.45, 7) is 1.79. The van der Waals surface area contributed by atoms with Crippen molar-refractivity contribution < 1.29 is 14.3 Å². The van der Waals surface area contributed by atoms with E-state index in [4.69, 9.17) is 38.4 Å². The van der Waals surface area contributed by atoms with Gasteiger partial charge in [-0.3, -0.25) is 4.79 Å². The van der Waals surface area contributed by atoms with Crippen molar-refractivity contribution >= 4 is 34.8 Å². The molecule has 0 unspecified atom stereocenters. The quantitative estimate of drug-likeness (QED) is 0.783. The van der Waals surface area contributed by atoms with Gasteiger partial charge in [-0.15, -0.1) is 0 Å². The Morgan fingerprint density at radius 2 is 1.75 bits per heavy atom. The molecule has 0 spiro atoms. The fraction of sp³-hybridized carbons (Fsp3) is 0.462. The maximum absolute atomic E-state index is 12.4. The number of hydrogen-bond donors (Lipinski definition) is 1. The van der Waals surface area contributed by atoms with Gasteiger partial charge in [0.1, 0.15) is 0 Å². The molecule has 0 aliphatic carbocycles. The molecular weight excluding hydrogens is 303 g/mol. The monoisotopic (exact) mass is 320 g/mol. The van der Waals surface area contributed by atoms with E-state index in [1.165, 1.54) is 12.1 Å². The second-order valence-corrected chi connectivity index (χ2v) is 4.92. The summed E-state index contributed by atoms with van der Waals surface area (Å²) >= 11 is 11.8. The van der Waals surface area contributed by atoms with Crippen LogP contribution in [0.2, 0.25) is 10.0 Å². The number of carbonyl (C=O) groups excluding carboxylic acids is 1. The zero-order valence-electron chi connectivity index (χ0n) is 11.5. The van der Waals surface area contributed by atoms with Crippen molar-refractivity contribution in [2.24, 2.45) is 0 Å². The van der Waals surface area contributed by atoms with Gasteiger partial charge in [0.05, 0.1) is 28.9 Å². The van der Waals surface area contributed by atoms with Crippen LogP contribution in [0.25, 0.3) is 0 Å². The molecule has 1 aromatic rings. The first kappa shape index (κ1) is 17.0. The number of benzene rings is 1. The topological polar surface area (TPSA) is 64.8 Å². The van der Waals surface area contributed by atoms with Crippen LogP contribution in [0.3, 0.4) is 0 Å². The Kier molecular flexibility index (Phi) is 7.09. The SMILES string of the molecule is COCCN(CCOC)C(=O)c1cc(N)c(Cl)c(Cl)c1. The molecule has 7 heteroatoms. The Labute approximate surface area is 128 Å². The van der Waals surface area contributed by atoms with Gasteiger partial charge < -0.3 is 20.1 Å².